The Hall–Kier alpha value is -0.440. The first kappa shape index (κ1) is 15.5. The van der Waals surface area contributed by atoms with Crippen LogP contribution in [0.5, 0.6) is 0 Å². The van der Waals surface area contributed by atoms with Crippen LogP contribution in [0.4, 0.5) is 8.78 Å². The van der Waals surface area contributed by atoms with E-state index >= 15 is 0 Å². The van der Waals surface area contributed by atoms with Crippen LogP contribution >= 0.6 is 11.3 Å². The Balaban J connectivity index is 1.63. The highest BCUT2D eigenvalue weighted by Crippen LogP contribution is 2.46. The molecule has 3 heteroatoms. The smallest absolute Gasteiger partial charge is 0.108 e. The third-order valence-corrected chi connectivity index (χ3v) is 6.76. The van der Waals surface area contributed by atoms with Crippen LogP contribution in [-0.2, 0) is 0 Å². The monoisotopic (exact) mass is 312 g/mol. The summed E-state index contributed by atoms with van der Waals surface area (Å²) in [5.41, 5.74) is 0. The minimum atomic E-state index is -0.784. The largest absolute Gasteiger partial charge is 0.247 e. The molecule has 1 aromatic heterocycles. The predicted molar refractivity (Wildman–Crippen MR) is 85.4 cm³/mol. The van der Waals surface area contributed by atoms with Crippen LogP contribution in [0.3, 0.4) is 0 Å². The minimum Gasteiger partial charge on any atom is -0.247 e. The van der Waals surface area contributed by atoms with Crippen molar-refractivity contribution in [2.24, 2.45) is 17.8 Å². The molecule has 2 aliphatic rings. The quantitative estimate of drug-likeness (QED) is 0.623. The lowest BCUT2D eigenvalue weighted by atomic mass is 9.68. The predicted octanol–water partition coefficient (Wildman–Crippen LogP) is 6.05. The van der Waals surface area contributed by atoms with Gasteiger partial charge in [0, 0.05) is 15.7 Å². The van der Waals surface area contributed by atoms with Gasteiger partial charge in [0.1, 0.15) is 12.3 Å². The zero-order chi connectivity index (χ0) is 15.0. The molecule has 6 atom stereocenters. The van der Waals surface area contributed by atoms with Crippen LogP contribution in [0.1, 0.15) is 61.1 Å². The lowest BCUT2D eigenvalue weighted by molar-refractivity contribution is 0.0455. The van der Waals surface area contributed by atoms with Gasteiger partial charge in [0.2, 0.25) is 0 Å². The van der Waals surface area contributed by atoms with Crippen molar-refractivity contribution in [3.05, 3.63) is 21.9 Å². The highest BCUT2D eigenvalue weighted by molar-refractivity contribution is 7.12. The fraction of sp³-hybridized carbons (Fsp3) is 0.778. The normalized spacial score (nSPS) is 41.1. The van der Waals surface area contributed by atoms with E-state index in [0.717, 1.165) is 25.7 Å². The Morgan fingerprint density at radius 2 is 1.81 bits per heavy atom. The second kappa shape index (κ2) is 6.36. The van der Waals surface area contributed by atoms with Crippen LogP contribution in [0, 0.1) is 24.7 Å². The van der Waals surface area contributed by atoms with Crippen molar-refractivity contribution in [3.8, 4) is 0 Å². The van der Waals surface area contributed by atoms with Gasteiger partial charge in [-0.15, -0.1) is 11.3 Å². The van der Waals surface area contributed by atoms with Crippen molar-refractivity contribution in [1.82, 2.24) is 0 Å². The molecule has 2 aliphatic carbocycles. The summed E-state index contributed by atoms with van der Waals surface area (Å²) >= 11 is 1.72. The van der Waals surface area contributed by atoms with Crippen LogP contribution in [0.25, 0.3) is 0 Å². The lowest BCUT2D eigenvalue weighted by Crippen LogP contribution is -2.36. The third-order valence-electron chi connectivity index (χ3n) is 5.63. The van der Waals surface area contributed by atoms with Gasteiger partial charge < -0.3 is 0 Å². The zero-order valence-corrected chi connectivity index (χ0v) is 13.8. The first-order valence-electron chi connectivity index (χ1n) is 8.39. The summed E-state index contributed by atoms with van der Waals surface area (Å²) < 4.78 is 28.9. The third kappa shape index (κ3) is 3.33. The van der Waals surface area contributed by atoms with Crippen LogP contribution < -0.4 is 0 Å². The average Bonchev–Trinajstić information content (AvgIpc) is 2.85. The first-order valence-corrected chi connectivity index (χ1v) is 9.20. The van der Waals surface area contributed by atoms with Gasteiger partial charge in [-0.25, -0.2) is 8.78 Å². The van der Waals surface area contributed by atoms with Crippen molar-refractivity contribution >= 4 is 11.3 Å². The summed E-state index contributed by atoms with van der Waals surface area (Å²) in [6.07, 6.45) is 3.74. The lowest BCUT2D eigenvalue weighted by Gasteiger charge is -2.40. The molecule has 1 aromatic rings. The van der Waals surface area contributed by atoms with Gasteiger partial charge in [-0.1, -0.05) is 13.3 Å². The highest BCUT2D eigenvalue weighted by Gasteiger charge is 2.40. The molecule has 2 fully saturated rings. The molecule has 0 radical (unpaired) electrons. The Morgan fingerprint density at radius 3 is 2.43 bits per heavy atom. The van der Waals surface area contributed by atoms with Crippen molar-refractivity contribution in [3.63, 3.8) is 0 Å². The number of hydrogen-bond donors (Lipinski definition) is 0. The van der Waals surface area contributed by atoms with E-state index in [1.54, 1.807) is 11.3 Å². The summed E-state index contributed by atoms with van der Waals surface area (Å²) in [5.74, 6) is 0.939. The van der Waals surface area contributed by atoms with E-state index in [1.807, 2.05) is 0 Å². The fourth-order valence-electron chi connectivity index (χ4n) is 4.37. The number of alkyl halides is 2. The number of hydrogen-bond acceptors (Lipinski definition) is 1. The Morgan fingerprint density at radius 1 is 1.00 bits per heavy atom. The zero-order valence-electron chi connectivity index (χ0n) is 13.0. The number of aryl methyl sites for hydroxylation is 1. The molecule has 2 saturated carbocycles. The van der Waals surface area contributed by atoms with Gasteiger partial charge in [-0.3, -0.25) is 0 Å². The minimum absolute atomic E-state index is 0.0560. The maximum atomic E-state index is 14.6. The van der Waals surface area contributed by atoms with Gasteiger partial charge in [0.05, 0.1) is 0 Å². The average molecular weight is 312 g/mol. The molecule has 0 bridgehead atoms. The van der Waals surface area contributed by atoms with E-state index in [1.165, 1.54) is 9.75 Å². The first-order chi connectivity index (χ1) is 10.0. The van der Waals surface area contributed by atoms with Crippen LogP contribution in [0.2, 0.25) is 0 Å². The molecule has 0 nitrogen and oxygen atoms in total. The molecule has 1 heterocycles. The van der Waals surface area contributed by atoms with Crippen molar-refractivity contribution in [1.29, 1.82) is 0 Å². The molecule has 0 saturated heterocycles. The van der Waals surface area contributed by atoms with Gasteiger partial charge in [0.25, 0.3) is 0 Å². The highest BCUT2D eigenvalue weighted by atomic mass is 32.1. The SMILES string of the molecule is Cc1ccc(C2CCC(C3CCC(C)CC3F)CC2F)s1. The molecule has 3 rings (SSSR count). The van der Waals surface area contributed by atoms with Crippen LogP contribution in [-0.4, -0.2) is 12.3 Å². The molecule has 21 heavy (non-hydrogen) atoms. The number of rotatable bonds is 2. The summed E-state index contributed by atoms with van der Waals surface area (Å²) in [5, 5.41) is 0. The van der Waals surface area contributed by atoms with Gasteiger partial charge >= 0.3 is 0 Å². The van der Waals surface area contributed by atoms with E-state index in [2.05, 4.69) is 26.0 Å². The topological polar surface area (TPSA) is 0 Å². The van der Waals surface area contributed by atoms with E-state index < -0.39 is 12.3 Å². The van der Waals surface area contributed by atoms with Crippen molar-refractivity contribution in [2.45, 2.75) is 70.6 Å². The molecule has 0 aromatic carbocycles. The Labute approximate surface area is 131 Å². The molecular weight excluding hydrogens is 286 g/mol. The number of halogens is 2. The molecule has 0 N–H and O–H groups in total. The maximum Gasteiger partial charge on any atom is 0.108 e. The van der Waals surface area contributed by atoms with E-state index in [9.17, 15) is 8.78 Å². The van der Waals surface area contributed by atoms with Crippen molar-refractivity contribution < 1.29 is 8.78 Å². The fourth-order valence-corrected chi connectivity index (χ4v) is 5.43. The Kier molecular flexibility index (Phi) is 4.68. The molecule has 118 valence electrons. The summed E-state index contributed by atoms with van der Waals surface area (Å²) in [4.78, 5) is 2.44. The Bertz CT molecular complexity index is 470. The molecule has 6 unspecified atom stereocenters. The summed E-state index contributed by atoms with van der Waals surface area (Å²) in [7, 11) is 0. The molecule has 0 spiro atoms. The maximum absolute atomic E-state index is 14.6. The summed E-state index contributed by atoms with van der Waals surface area (Å²) in [6, 6.07) is 4.16. The van der Waals surface area contributed by atoms with Gasteiger partial charge in [0.15, 0.2) is 0 Å². The van der Waals surface area contributed by atoms with Crippen molar-refractivity contribution in [2.75, 3.05) is 0 Å². The van der Waals surface area contributed by atoms with Gasteiger partial charge in [-0.05, 0) is 68.9 Å². The van der Waals surface area contributed by atoms with E-state index in [4.69, 9.17) is 0 Å². The molecule has 0 amide bonds. The van der Waals surface area contributed by atoms with E-state index in [-0.39, 0.29) is 17.8 Å². The van der Waals surface area contributed by atoms with Gasteiger partial charge in [-0.2, -0.15) is 0 Å². The molecular formula is C18H26F2S. The summed E-state index contributed by atoms with van der Waals surface area (Å²) in [6.45, 7) is 4.21. The van der Waals surface area contributed by atoms with E-state index in [0.29, 0.717) is 18.8 Å². The van der Waals surface area contributed by atoms with Crippen LogP contribution in [0.15, 0.2) is 12.1 Å². The molecule has 0 aliphatic heterocycles. The number of thiophene rings is 1. The standard InChI is InChI=1S/C18H26F2S/c1-11-3-6-14(16(19)9-11)13-5-7-15(17(20)10-13)18-8-4-12(2)21-18/h4,8,11,13-17H,3,5-7,9-10H2,1-2H3. The second-order valence-electron chi connectivity index (χ2n) is 7.24. The second-order valence-corrected chi connectivity index (χ2v) is 8.56.